The predicted octanol–water partition coefficient (Wildman–Crippen LogP) is 3.44. The molecular formula is C12H11F3N2O2. The topological polar surface area (TPSA) is 55.2 Å². The molecule has 0 radical (unpaired) electrons. The van der Waals surface area contributed by atoms with Crippen molar-refractivity contribution in [1.82, 2.24) is 0 Å². The van der Waals surface area contributed by atoms with Gasteiger partial charge in [0.1, 0.15) is 0 Å². The Morgan fingerprint density at radius 1 is 1.53 bits per heavy atom. The molecule has 0 amide bonds. The van der Waals surface area contributed by atoms with E-state index < -0.39 is 28.4 Å². The number of anilines is 1. The monoisotopic (exact) mass is 272 g/mol. The number of halogens is 3. The first-order chi connectivity index (χ1) is 8.79. The maximum atomic E-state index is 12.8. The fraction of sp³-hybridized carbons (Fsp3) is 0.333. The van der Waals surface area contributed by atoms with E-state index in [-0.39, 0.29) is 5.69 Å². The van der Waals surface area contributed by atoms with Crippen LogP contribution in [0, 0.1) is 22.5 Å². The summed E-state index contributed by atoms with van der Waals surface area (Å²) in [6.07, 6.45) is 0.908. The summed E-state index contributed by atoms with van der Waals surface area (Å²) in [5.74, 6) is 2.30. The molecule has 4 nitrogen and oxygen atoms in total. The molecule has 0 aliphatic heterocycles. The molecule has 0 bridgehead atoms. The van der Waals surface area contributed by atoms with E-state index in [1.807, 2.05) is 0 Å². The van der Waals surface area contributed by atoms with Crippen LogP contribution in [0.1, 0.15) is 18.9 Å². The number of hydrogen-bond acceptors (Lipinski definition) is 3. The van der Waals surface area contributed by atoms with Gasteiger partial charge in [0.25, 0.3) is 5.69 Å². The molecule has 0 fully saturated rings. The Kier molecular flexibility index (Phi) is 4.38. The molecule has 0 saturated heterocycles. The fourth-order valence-electron chi connectivity index (χ4n) is 1.46. The van der Waals surface area contributed by atoms with Crippen LogP contribution in [0.4, 0.5) is 24.5 Å². The summed E-state index contributed by atoms with van der Waals surface area (Å²) in [6, 6.07) is 1.94. The van der Waals surface area contributed by atoms with Crippen LogP contribution in [0.3, 0.4) is 0 Å². The van der Waals surface area contributed by atoms with Gasteiger partial charge in [-0.05, 0) is 12.5 Å². The van der Waals surface area contributed by atoms with Crippen molar-refractivity contribution in [2.24, 2.45) is 0 Å². The first kappa shape index (κ1) is 14.8. The van der Waals surface area contributed by atoms with Gasteiger partial charge in [-0.1, -0.05) is 12.8 Å². The van der Waals surface area contributed by atoms with Crippen molar-refractivity contribution in [3.8, 4) is 12.3 Å². The number of nitro groups is 1. The lowest BCUT2D eigenvalue weighted by atomic mass is 10.1. The number of nitro benzene ring substituents is 1. The fourth-order valence-corrected chi connectivity index (χ4v) is 1.46. The average molecular weight is 272 g/mol. The summed E-state index contributed by atoms with van der Waals surface area (Å²) in [5, 5.41) is 13.1. The van der Waals surface area contributed by atoms with Gasteiger partial charge in [0.15, 0.2) is 0 Å². The lowest BCUT2D eigenvalue weighted by molar-refractivity contribution is -0.385. The molecule has 1 aromatic rings. The molecule has 1 atom stereocenters. The third kappa shape index (κ3) is 3.61. The van der Waals surface area contributed by atoms with E-state index in [1.165, 1.54) is 0 Å². The van der Waals surface area contributed by atoms with Crippen LogP contribution < -0.4 is 5.32 Å². The SMILES string of the molecule is C#CC(CC)Nc1ccc([N+](=O)[O-])cc1C(F)(F)F. The van der Waals surface area contributed by atoms with Crippen LogP contribution in [-0.2, 0) is 6.18 Å². The van der Waals surface area contributed by atoms with Crippen LogP contribution in [0.5, 0.6) is 0 Å². The quantitative estimate of drug-likeness (QED) is 0.519. The number of rotatable bonds is 4. The van der Waals surface area contributed by atoms with Gasteiger partial charge in [0, 0.05) is 17.8 Å². The maximum absolute atomic E-state index is 12.8. The summed E-state index contributed by atoms with van der Waals surface area (Å²) >= 11 is 0. The summed E-state index contributed by atoms with van der Waals surface area (Å²) in [4.78, 5) is 9.63. The highest BCUT2D eigenvalue weighted by atomic mass is 19.4. The number of hydrogen-bond donors (Lipinski definition) is 1. The number of terminal acetylenes is 1. The molecular weight excluding hydrogens is 261 g/mol. The van der Waals surface area contributed by atoms with Crippen molar-refractivity contribution in [1.29, 1.82) is 0 Å². The number of nitrogens with one attached hydrogen (secondary N) is 1. The molecule has 1 rings (SSSR count). The predicted molar refractivity (Wildman–Crippen MR) is 64.6 cm³/mol. The lowest BCUT2D eigenvalue weighted by Crippen LogP contribution is -2.19. The Morgan fingerprint density at radius 2 is 2.16 bits per heavy atom. The summed E-state index contributed by atoms with van der Waals surface area (Å²) in [6.45, 7) is 1.72. The Bertz CT molecular complexity index is 521. The highest BCUT2D eigenvalue weighted by molar-refractivity contribution is 5.58. The van der Waals surface area contributed by atoms with Gasteiger partial charge in [0.05, 0.1) is 16.5 Å². The van der Waals surface area contributed by atoms with Crippen LogP contribution >= 0.6 is 0 Å². The molecule has 0 aliphatic rings. The molecule has 19 heavy (non-hydrogen) atoms. The number of non-ortho nitro benzene ring substituents is 1. The van der Waals surface area contributed by atoms with Crippen molar-refractivity contribution in [3.63, 3.8) is 0 Å². The second-order valence-corrected chi connectivity index (χ2v) is 3.76. The van der Waals surface area contributed by atoms with Gasteiger partial charge in [-0.25, -0.2) is 0 Å². The molecule has 0 saturated carbocycles. The minimum absolute atomic E-state index is 0.261. The van der Waals surface area contributed by atoms with Crippen LogP contribution in [0.15, 0.2) is 18.2 Å². The number of nitrogens with zero attached hydrogens (tertiary/aromatic N) is 1. The van der Waals surface area contributed by atoms with Gasteiger partial charge in [-0.3, -0.25) is 10.1 Å². The van der Waals surface area contributed by atoms with Crippen LogP contribution in [0.25, 0.3) is 0 Å². The van der Waals surface area contributed by atoms with E-state index in [0.29, 0.717) is 12.5 Å². The van der Waals surface area contributed by atoms with E-state index in [0.717, 1.165) is 12.1 Å². The van der Waals surface area contributed by atoms with Gasteiger partial charge < -0.3 is 5.32 Å². The van der Waals surface area contributed by atoms with E-state index >= 15 is 0 Å². The normalized spacial score (nSPS) is 12.6. The summed E-state index contributed by atoms with van der Waals surface area (Å²) in [5.41, 5.74) is -1.98. The zero-order valence-electron chi connectivity index (χ0n) is 9.99. The number of alkyl halides is 3. The molecule has 1 unspecified atom stereocenters. The first-order valence-corrected chi connectivity index (χ1v) is 5.38. The van der Waals surface area contributed by atoms with Crippen molar-refractivity contribution in [2.45, 2.75) is 25.6 Å². The Balaban J connectivity index is 3.25. The Morgan fingerprint density at radius 3 is 2.58 bits per heavy atom. The second-order valence-electron chi connectivity index (χ2n) is 3.76. The first-order valence-electron chi connectivity index (χ1n) is 5.38. The Hall–Kier alpha value is -2.23. The average Bonchev–Trinajstić information content (AvgIpc) is 2.34. The van der Waals surface area contributed by atoms with E-state index in [9.17, 15) is 23.3 Å². The maximum Gasteiger partial charge on any atom is 0.418 e. The standard InChI is InChI=1S/C12H11F3N2O2/c1-3-8(4-2)16-11-6-5-9(17(18)19)7-10(11)12(13,14)15/h1,5-8,16H,4H2,2H3. The third-order valence-electron chi connectivity index (χ3n) is 2.46. The lowest BCUT2D eigenvalue weighted by Gasteiger charge is -2.17. The summed E-state index contributed by atoms with van der Waals surface area (Å²) in [7, 11) is 0. The second kappa shape index (κ2) is 5.61. The molecule has 0 aromatic heterocycles. The molecule has 0 heterocycles. The van der Waals surface area contributed by atoms with E-state index in [1.54, 1.807) is 6.92 Å². The smallest absolute Gasteiger partial charge is 0.371 e. The zero-order valence-corrected chi connectivity index (χ0v) is 9.99. The highest BCUT2D eigenvalue weighted by Crippen LogP contribution is 2.37. The number of benzene rings is 1. The van der Waals surface area contributed by atoms with Crippen LogP contribution in [0.2, 0.25) is 0 Å². The van der Waals surface area contributed by atoms with Gasteiger partial charge in [0.2, 0.25) is 0 Å². The Labute approximate surface area is 107 Å². The van der Waals surface area contributed by atoms with Crippen molar-refractivity contribution >= 4 is 11.4 Å². The van der Waals surface area contributed by atoms with Crippen molar-refractivity contribution in [2.75, 3.05) is 5.32 Å². The molecule has 0 aliphatic carbocycles. The van der Waals surface area contributed by atoms with E-state index in [4.69, 9.17) is 6.42 Å². The van der Waals surface area contributed by atoms with Gasteiger partial charge >= 0.3 is 6.18 Å². The summed E-state index contributed by atoms with van der Waals surface area (Å²) < 4.78 is 38.5. The molecule has 1 N–H and O–H groups in total. The molecule has 102 valence electrons. The van der Waals surface area contributed by atoms with Crippen molar-refractivity contribution < 1.29 is 18.1 Å². The minimum Gasteiger partial charge on any atom is -0.371 e. The molecule has 7 heteroatoms. The molecule has 1 aromatic carbocycles. The van der Waals surface area contributed by atoms with Gasteiger partial charge in [-0.15, -0.1) is 6.42 Å². The van der Waals surface area contributed by atoms with Crippen molar-refractivity contribution in [3.05, 3.63) is 33.9 Å². The van der Waals surface area contributed by atoms with Gasteiger partial charge in [-0.2, -0.15) is 13.2 Å². The highest BCUT2D eigenvalue weighted by Gasteiger charge is 2.35. The zero-order chi connectivity index (χ0) is 14.6. The minimum atomic E-state index is -4.69. The van der Waals surface area contributed by atoms with E-state index in [2.05, 4.69) is 11.2 Å². The third-order valence-corrected chi connectivity index (χ3v) is 2.46. The van der Waals surface area contributed by atoms with Crippen LogP contribution in [-0.4, -0.2) is 11.0 Å². The largest absolute Gasteiger partial charge is 0.418 e. The molecule has 0 spiro atoms.